The minimum absolute atomic E-state index is 0.0328. The molecule has 0 radical (unpaired) electrons. The van der Waals surface area contributed by atoms with Crippen LogP contribution < -0.4 is 18.9 Å². The highest BCUT2D eigenvalue weighted by Gasteiger charge is 2.22. The normalized spacial score (nSPS) is 11.1. The lowest BCUT2D eigenvalue weighted by Crippen LogP contribution is -2.09. The first-order chi connectivity index (χ1) is 21.8. The van der Waals surface area contributed by atoms with Crippen molar-refractivity contribution in [2.24, 2.45) is 5.92 Å². The molecule has 0 aliphatic heterocycles. The fourth-order valence-corrected chi connectivity index (χ4v) is 5.33. The predicted molar refractivity (Wildman–Crippen MR) is 186 cm³/mol. The van der Waals surface area contributed by atoms with E-state index in [1.54, 1.807) is 0 Å². The molecule has 0 aromatic heterocycles. The van der Waals surface area contributed by atoms with Crippen LogP contribution in [0.3, 0.4) is 0 Å². The molecule has 4 heteroatoms. The van der Waals surface area contributed by atoms with Gasteiger partial charge in [-0.3, -0.25) is 0 Å². The van der Waals surface area contributed by atoms with Crippen molar-refractivity contribution in [3.8, 4) is 83.5 Å². The third-order valence-electron chi connectivity index (χ3n) is 7.37. The highest BCUT2D eigenvalue weighted by Crippen LogP contribution is 2.44. The van der Waals surface area contributed by atoms with Gasteiger partial charge in [-0.05, 0) is 78.1 Å². The van der Waals surface area contributed by atoms with Gasteiger partial charge in [-0.15, -0.1) is 25.7 Å². The molecule has 0 saturated heterocycles. The molecular weight excluding hydrogens is 556 g/mol. The molecule has 0 aliphatic rings. The summed E-state index contributed by atoms with van der Waals surface area (Å²) in [5.41, 5.74) is 7.45. The second kappa shape index (κ2) is 17.0. The van der Waals surface area contributed by atoms with E-state index in [1.165, 1.54) is 0 Å². The third-order valence-corrected chi connectivity index (χ3v) is 7.37. The summed E-state index contributed by atoms with van der Waals surface area (Å²) in [6.45, 7) is 13.0. The molecule has 0 fully saturated rings. The predicted octanol–water partition coefficient (Wildman–Crippen LogP) is 8.50. The molecule has 0 bridgehead atoms. The van der Waals surface area contributed by atoms with E-state index in [4.69, 9.17) is 44.6 Å². The molecule has 0 N–H and O–H groups in total. The number of terminal acetylenes is 4. The van der Waals surface area contributed by atoms with Gasteiger partial charge >= 0.3 is 0 Å². The maximum absolute atomic E-state index is 6.05. The smallest absolute Gasteiger partial charge is 0.204 e. The number of ether oxygens (including phenoxy) is 4. The highest BCUT2D eigenvalue weighted by molar-refractivity contribution is 5.88. The van der Waals surface area contributed by atoms with Crippen LogP contribution in [0.5, 0.6) is 23.0 Å². The molecular formula is C41H40O4. The second-order valence-electron chi connectivity index (χ2n) is 10.7. The van der Waals surface area contributed by atoms with E-state index in [1.807, 2.05) is 30.3 Å². The Morgan fingerprint density at radius 2 is 1.27 bits per heavy atom. The van der Waals surface area contributed by atoms with Crippen LogP contribution in [-0.4, -0.2) is 26.4 Å². The molecule has 3 aromatic carbocycles. The zero-order valence-electron chi connectivity index (χ0n) is 26.6. The molecule has 0 aliphatic carbocycles. The Balaban J connectivity index is 2.15. The Kier molecular flexibility index (Phi) is 12.9. The first-order valence-electron chi connectivity index (χ1n) is 14.8. The number of hydrogen-bond acceptors (Lipinski definition) is 4. The van der Waals surface area contributed by atoms with Gasteiger partial charge in [0.05, 0.1) is 0 Å². The summed E-state index contributed by atoms with van der Waals surface area (Å²) in [4.78, 5) is 0. The number of benzene rings is 3. The Morgan fingerprint density at radius 1 is 0.733 bits per heavy atom. The van der Waals surface area contributed by atoms with Crippen LogP contribution in [-0.2, 0) is 0 Å². The average molecular weight is 597 g/mol. The minimum Gasteiger partial charge on any atom is -0.480 e. The maximum atomic E-state index is 6.05. The third kappa shape index (κ3) is 8.58. The number of rotatable bonds is 15. The zero-order chi connectivity index (χ0) is 32.8. The molecule has 0 heterocycles. The van der Waals surface area contributed by atoms with Crippen molar-refractivity contribution in [2.45, 2.75) is 40.0 Å². The SMILES string of the molecule is C#CCOc1ccc(C=C)c(-c2c(C)cccc2C)c1/C=C\CC(c1cc(OCC#C)c(OCC#C)c(OCC#C)c1)C(C)C. The van der Waals surface area contributed by atoms with Crippen molar-refractivity contribution in [3.63, 3.8) is 0 Å². The average Bonchev–Trinajstić information content (AvgIpc) is 3.03. The van der Waals surface area contributed by atoms with E-state index in [2.05, 4.69) is 88.3 Å². The second-order valence-corrected chi connectivity index (χ2v) is 10.7. The van der Waals surface area contributed by atoms with Crippen molar-refractivity contribution in [2.75, 3.05) is 26.4 Å². The van der Waals surface area contributed by atoms with E-state index in [0.717, 1.165) is 38.9 Å². The Bertz CT molecular complexity index is 1640. The van der Waals surface area contributed by atoms with Gasteiger partial charge in [-0.1, -0.05) is 86.6 Å². The molecule has 1 atom stereocenters. The monoisotopic (exact) mass is 596 g/mol. The van der Waals surface area contributed by atoms with Gasteiger partial charge in [0.1, 0.15) is 32.2 Å². The highest BCUT2D eigenvalue weighted by atomic mass is 16.5. The molecule has 1 unspecified atom stereocenters. The molecule has 0 amide bonds. The fraction of sp³-hybridized carbons (Fsp3) is 0.268. The van der Waals surface area contributed by atoms with Crippen molar-refractivity contribution in [1.82, 2.24) is 0 Å². The molecule has 0 saturated carbocycles. The van der Waals surface area contributed by atoms with Crippen LogP contribution in [0.1, 0.15) is 54.0 Å². The van der Waals surface area contributed by atoms with Gasteiger partial charge in [0.15, 0.2) is 11.5 Å². The van der Waals surface area contributed by atoms with Crippen molar-refractivity contribution >= 4 is 12.2 Å². The first kappa shape index (κ1) is 34.1. The quantitative estimate of drug-likeness (QED) is 0.165. The molecule has 45 heavy (non-hydrogen) atoms. The summed E-state index contributed by atoms with van der Waals surface area (Å²) >= 11 is 0. The summed E-state index contributed by atoms with van der Waals surface area (Å²) < 4.78 is 23.7. The van der Waals surface area contributed by atoms with E-state index >= 15 is 0 Å². The number of allylic oxidation sites excluding steroid dienone is 1. The largest absolute Gasteiger partial charge is 0.480 e. The molecule has 4 nitrogen and oxygen atoms in total. The van der Waals surface area contributed by atoms with Gasteiger partial charge < -0.3 is 18.9 Å². The molecule has 3 aromatic rings. The van der Waals surface area contributed by atoms with Crippen molar-refractivity contribution < 1.29 is 18.9 Å². The van der Waals surface area contributed by atoms with Crippen LogP contribution in [0.4, 0.5) is 0 Å². The van der Waals surface area contributed by atoms with Gasteiger partial charge in [0, 0.05) is 11.1 Å². The van der Waals surface area contributed by atoms with Gasteiger partial charge in [-0.25, -0.2) is 0 Å². The van der Waals surface area contributed by atoms with E-state index < -0.39 is 0 Å². The van der Waals surface area contributed by atoms with Gasteiger partial charge in [0.25, 0.3) is 0 Å². The first-order valence-corrected chi connectivity index (χ1v) is 14.8. The fourth-order valence-electron chi connectivity index (χ4n) is 5.33. The van der Waals surface area contributed by atoms with Gasteiger partial charge in [0.2, 0.25) is 5.75 Å². The zero-order valence-corrected chi connectivity index (χ0v) is 26.6. The topological polar surface area (TPSA) is 36.9 Å². The molecule has 228 valence electrons. The Labute approximate surface area is 269 Å². The summed E-state index contributed by atoms with van der Waals surface area (Å²) in [6, 6.07) is 14.1. The lowest BCUT2D eigenvalue weighted by atomic mass is 9.84. The summed E-state index contributed by atoms with van der Waals surface area (Å²) in [6.07, 6.45) is 28.9. The van der Waals surface area contributed by atoms with Crippen molar-refractivity contribution in [1.29, 1.82) is 0 Å². The lowest BCUT2D eigenvalue weighted by molar-refractivity contribution is 0.284. The van der Waals surface area contributed by atoms with E-state index in [-0.39, 0.29) is 38.3 Å². The van der Waals surface area contributed by atoms with Crippen LogP contribution in [0.25, 0.3) is 23.3 Å². The number of hydrogen-bond donors (Lipinski definition) is 0. The van der Waals surface area contributed by atoms with Crippen LogP contribution in [0.2, 0.25) is 0 Å². The van der Waals surface area contributed by atoms with E-state index in [0.29, 0.717) is 29.4 Å². The minimum atomic E-state index is 0.0328. The van der Waals surface area contributed by atoms with Crippen LogP contribution in [0, 0.1) is 69.1 Å². The van der Waals surface area contributed by atoms with Crippen LogP contribution >= 0.6 is 0 Å². The standard InChI is InChI=1S/C41H40O4/c1-10-23-42-36-22-21-32(14-5)40(39-30(8)17-15-18-31(39)9)35(36)20-16-19-34(29(6)7)33-27-37(43-24-11-2)41(45-26-13-4)38(28-33)44-25-12-3/h1-4,14-18,20-22,27-29,34H,5,19,23-26H2,6-9H3/b20-16-. The molecule has 3 rings (SSSR count). The lowest BCUT2D eigenvalue weighted by Gasteiger charge is -2.23. The van der Waals surface area contributed by atoms with Gasteiger partial charge in [-0.2, -0.15) is 0 Å². The maximum Gasteiger partial charge on any atom is 0.204 e. The van der Waals surface area contributed by atoms with Crippen LogP contribution in [0.15, 0.2) is 55.1 Å². The Morgan fingerprint density at radius 3 is 1.78 bits per heavy atom. The molecule has 0 spiro atoms. The Hall–Kier alpha value is -5.42. The van der Waals surface area contributed by atoms with Crippen molar-refractivity contribution in [3.05, 3.63) is 82.9 Å². The number of aryl methyl sites for hydroxylation is 2. The van der Waals surface area contributed by atoms with E-state index in [9.17, 15) is 0 Å². The summed E-state index contributed by atoms with van der Waals surface area (Å²) in [5, 5.41) is 0. The summed E-state index contributed by atoms with van der Waals surface area (Å²) in [5.74, 6) is 12.4. The summed E-state index contributed by atoms with van der Waals surface area (Å²) in [7, 11) is 0.